The minimum atomic E-state index is -0.815. The molecule has 2 N–H and O–H groups in total. The lowest BCUT2D eigenvalue weighted by molar-refractivity contribution is -0.120. The van der Waals surface area contributed by atoms with E-state index < -0.39 is 30.3 Å². The first-order valence-electron chi connectivity index (χ1n) is 7.38. The fourth-order valence-corrected chi connectivity index (χ4v) is 2.75. The van der Waals surface area contributed by atoms with Crippen molar-refractivity contribution in [2.45, 2.75) is 0 Å². The first kappa shape index (κ1) is 17.9. The maximum absolute atomic E-state index is 12.3. The topological polar surface area (TPSA) is 95.6 Å². The van der Waals surface area contributed by atoms with Crippen molar-refractivity contribution in [3.8, 4) is 0 Å². The molecule has 2 aromatic rings. The van der Waals surface area contributed by atoms with Gasteiger partial charge in [0, 0.05) is 5.69 Å². The third-order valence-electron chi connectivity index (χ3n) is 3.60. The standard InChI is InChI=1S/C17H11Cl2N3O4/c18-12-6-10-11(7-13(12)19)16(25)22(15(10)24)8-14(23)21-17(26)20-9-4-2-1-3-5-9/h1-7H,8H2,(H2,20,21,23,26). The van der Waals surface area contributed by atoms with Crippen LogP contribution in [0.15, 0.2) is 42.5 Å². The zero-order chi connectivity index (χ0) is 18.8. The summed E-state index contributed by atoms with van der Waals surface area (Å²) in [6.45, 7) is -0.607. The summed E-state index contributed by atoms with van der Waals surface area (Å²) in [5.74, 6) is -2.17. The van der Waals surface area contributed by atoms with Crippen LogP contribution in [-0.4, -0.2) is 35.2 Å². The number of carbonyl (C=O) groups excluding carboxylic acids is 4. The molecule has 0 aliphatic carbocycles. The van der Waals surface area contributed by atoms with Crippen LogP contribution in [0.25, 0.3) is 0 Å². The lowest BCUT2D eigenvalue weighted by Crippen LogP contribution is -2.43. The molecule has 0 aromatic heterocycles. The number of para-hydroxylation sites is 1. The zero-order valence-electron chi connectivity index (χ0n) is 13.1. The fraction of sp³-hybridized carbons (Fsp3) is 0.0588. The average molecular weight is 392 g/mol. The molecule has 1 heterocycles. The van der Waals surface area contributed by atoms with Gasteiger partial charge in [-0.2, -0.15) is 0 Å². The van der Waals surface area contributed by atoms with E-state index in [-0.39, 0.29) is 21.2 Å². The highest BCUT2D eigenvalue weighted by Crippen LogP contribution is 2.31. The summed E-state index contributed by atoms with van der Waals surface area (Å²) < 4.78 is 0. The monoisotopic (exact) mass is 391 g/mol. The minimum Gasteiger partial charge on any atom is -0.308 e. The molecule has 0 saturated carbocycles. The molecule has 0 spiro atoms. The first-order chi connectivity index (χ1) is 12.4. The van der Waals surface area contributed by atoms with Crippen LogP contribution in [0.4, 0.5) is 10.5 Å². The van der Waals surface area contributed by atoms with Crippen LogP contribution in [-0.2, 0) is 4.79 Å². The molecule has 7 nitrogen and oxygen atoms in total. The second kappa shape index (κ2) is 7.15. The van der Waals surface area contributed by atoms with Crippen molar-refractivity contribution in [3.63, 3.8) is 0 Å². The number of amides is 5. The third-order valence-corrected chi connectivity index (χ3v) is 4.32. The predicted octanol–water partition coefficient (Wildman–Crippen LogP) is 2.94. The van der Waals surface area contributed by atoms with Crippen LogP contribution in [0.1, 0.15) is 20.7 Å². The van der Waals surface area contributed by atoms with Crippen molar-refractivity contribution in [2.75, 3.05) is 11.9 Å². The van der Waals surface area contributed by atoms with Gasteiger partial charge in [-0.25, -0.2) is 4.79 Å². The van der Waals surface area contributed by atoms with E-state index in [9.17, 15) is 19.2 Å². The quantitative estimate of drug-likeness (QED) is 0.786. The maximum Gasteiger partial charge on any atom is 0.325 e. The van der Waals surface area contributed by atoms with Gasteiger partial charge in [0.1, 0.15) is 6.54 Å². The predicted molar refractivity (Wildman–Crippen MR) is 95.4 cm³/mol. The highest BCUT2D eigenvalue weighted by Gasteiger charge is 2.37. The van der Waals surface area contributed by atoms with E-state index in [2.05, 4.69) is 10.6 Å². The van der Waals surface area contributed by atoms with Crippen LogP contribution in [0.3, 0.4) is 0 Å². The normalized spacial score (nSPS) is 12.8. The Balaban J connectivity index is 1.66. The number of carbonyl (C=O) groups is 4. The van der Waals surface area contributed by atoms with E-state index in [0.717, 1.165) is 4.90 Å². The number of halogens is 2. The van der Waals surface area contributed by atoms with Gasteiger partial charge in [0.25, 0.3) is 11.8 Å². The Morgan fingerprint density at radius 1 is 0.923 bits per heavy atom. The second-order valence-corrected chi connectivity index (χ2v) is 6.19. The number of benzene rings is 2. The van der Waals surface area contributed by atoms with Crippen molar-refractivity contribution in [2.24, 2.45) is 0 Å². The molecule has 0 atom stereocenters. The highest BCUT2D eigenvalue weighted by molar-refractivity contribution is 6.43. The molecule has 0 unspecified atom stereocenters. The summed E-state index contributed by atoms with van der Waals surface area (Å²) in [5, 5.41) is 4.77. The number of fused-ring (bicyclic) bond motifs is 1. The van der Waals surface area contributed by atoms with Gasteiger partial charge in [0.15, 0.2) is 0 Å². The van der Waals surface area contributed by atoms with Gasteiger partial charge in [-0.3, -0.25) is 24.6 Å². The molecule has 3 rings (SSSR count). The summed E-state index contributed by atoms with van der Waals surface area (Å²) in [6, 6.07) is 10.3. The van der Waals surface area contributed by atoms with E-state index >= 15 is 0 Å². The summed E-state index contributed by atoms with van der Waals surface area (Å²) in [6.07, 6.45) is 0. The summed E-state index contributed by atoms with van der Waals surface area (Å²) in [4.78, 5) is 49.1. The van der Waals surface area contributed by atoms with Gasteiger partial charge in [-0.15, -0.1) is 0 Å². The second-order valence-electron chi connectivity index (χ2n) is 5.38. The van der Waals surface area contributed by atoms with Crippen LogP contribution >= 0.6 is 23.2 Å². The zero-order valence-corrected chi connectivity index (χ0v) is 14.6. The van der Waals surface area contributed by atoms with Gasteiger partial charge in [0.05, 0.1) is 21.2 Å². The van der Waals surface area contributed by atoms with Gasteiger partial charge in [-0.1, -0.05) is 41.4 Å². The Morgan fingerprint density at radius 3 is 2.00 bits per heavy atom. The number of hydrogen-bond acceptors (Lipinski definition) is 4. The van der Waals surface area contributed by atoms with Crippen molar-refractivity contribution >= 4 is 52.6 Å². The number of anilines is 1. The largest absolute Gasteiger partial charge is 0.325 e. The van der Waals surface area contributed by atoms with Gasteiger partial charge < -0.3 is 5.32 Å². The molecule has 132 valence electrons. The summed E-state index contributed by atoms with van der Waals surface area (Å²) in [7, 11) is 0. The Kier molecular flexibility index (Phi) is 4.92. The van der Waals surface area contributed by atoms with Crippen LogP contribution < -0.4 is 10.6 Å². The van der Waals surface area contributed by atoms with E-state index in [4.69, 9.17) is 23.2 Å². The lowest BCUT2D eigenvalue weighted by Gasteiger charge is -2.13. The first-order valence-corrected chi connectivity index (χ1v) is 8.13. The number of nitrogens with zero attached hydrogens (tertiary/aromatic N) is 1. The average Bonchev–Trinajstić information content (AvgIpc) is 2.81. The smallest absolute Gasteiger partial charge is 0.308 e. The molecule has 0 saturated heterocycles. The molecular weight excluding hydrogens is 381 g/mol. The van der Waals surface area contributed by atoms with Gasteiger partial charge >= 0.3 is 6.03 Å². The van der Waals surface area contributed by atoms with Crippen molar-refractivity contribution in [1.82, 2.24) is 10.2 Å². The Bertz CT molecular complexity index is 890. The minimum absolute atomic E-state index is 0.0611. The fourth-order valence-electron chi connectivity index (χ4n) is 2.42. The number of rotatable bonds is 3. The van der Waals surface area contributed by atoms with Gasteiger partial charge in [0.2, 0.25) is 5.91 Å². The van der Waals surface area contributed by atoms with Gasteiger partial charge in [-0.05, 0) is 24.3 Å². The molecule has 26 heavy (non-hydrogen) atoms. The molecule has 9 heteroatoms. The molecule has 1 aliphatic heterocycles. The number of imide groups is 2. The number of urea groups is 1. The molecule has 2 aromatic carbocycles. The van der Waals surface area contributed by atoms with Crippen LogP contribution in [0.5, 0.6) is 0 Å². The van der Waals surface area contributed by atoms with Crippen molar-refractivity contribution in [1.29, 1.82) is 0 Å². The van der Waals surface area contributed by atoms with E-state index in [1.165, 1.54) is 12.1 Å². The lowest BCUT2D eigenvalue weighted by atomic mass is 10.1. The van der Waals surface area contributed by atoms with Crippen LogP contribution in [0.2, 0.25) is 10.0 Å². The molecule has 0 fully saturated rings. The summed E-state index contributed by atoms with van der Waals surface area (Å²) >= 11 is 11.7. The maximum atomic E-state index is 12.3. The van der Waals surface area contributed by atoms with E-state index in [0.29, 0.717) is 5.69 Å². The SMILES string of the molecule is O=C(CN1C(=O)c2cc(Cl)c(Cl)cc2C1=O)NC(=O)Nc1ccccc1. The Labute approximate surface area is 157 Å². The molecule has 0 radical (unpaired) electrons. The van der Waals surface area contributed by atoms with Crippen LogP contribution in [0, 0.1) is 0 Å². The van der Waals surface area contributed by atoms with E-state index in [1.807, 2.05) is 0 Å². The molecule has 5 amide bonds. The molecule has 0 bridgehead atoms. The number of hydrogen-bond donors (Lipinski definition) is 2. The number of nitrogens with one attached hydrogen (secondary N) is 2. The molecular formula is C17H11Cl2N3O4. The molecule has 1 aliphatic rings. The third kappa shape index (κ3) is 3.54. The Hall–Kier alpha value is -2.90. The van der Waals surface area contributed by atoms with Crippen molar-refractivity contribution in [3.05, 3.63) is 63.6 Å². The Morgan fingerprint density at radius 2 is 1.46 bits per heavy atom. The van der Waals surface area contributed by atoms with E-state index in [1.54, 1.807) is 30.3 Å². The van der Waals surface area contributed by atoms with Crippen molar-refractivity contribution < 1.29 is 19.2 Å². The summed E-state index contributed by atoms with van der Waals surface area (Å²) in [5.41, 5.74) is 0.611. The highest BCUT2D eigenvalue weighted by atomic mass is 35.5.